The van der Waals surface area contributed by atoms with Crippen LogP contribution in [0.1, 0.15) is 36.5 Å². The first-order valence-electron chi connectivity index (χ1n) is 5.54. The van der Waals surface area contributed by atoms with E-state index in [1.807, 2.05) is 26.8 Å². The first kappa shape index (κ1) is 10.5. The lowest BCUT2D eigenvalue weighted by molar-refractivity contribution is 0.442. The lowest BCUT2D eigenvalue weighted by Crippen LogP contribution is -2.31. The van der Waals surface area contributed by atoms with E-state index < -0.39 is 0 Å². The standard InChI is InChI=1S/C13H19NO/c1-8-4-5-11(12(15)9(8)2)13(6-7-13)10(3)14/h4-5,10,15H,6-7,14H2,1-3H3. The van der Waals surface area contributed by atoms with Crippen molar-refractivity contribution in [2.75, 3.05) is 0 Å². The Morgan fingerprint density at radius 1 is 1.33 bits per heavy atom. The van der Waals surface area contributed by atoms with Gasteiger partial charge in [0.05, 0.1) is 0 Å². The molecule has 0 saturated heterocycles. The fraction of sp³-hybridized carbons (Fsp3) is 0.538. The van der Waals surface area contributed by atoms with Crippen LogP contribution in [0.3, 0.4) is 0 Å². The Morgan fingerprint density at radius 2 is 1.93 bits per heavy atom. The topological polar surface area (TPSA) is 46.2 Å². The van der Waals surface area contributed by atoms with E-state index in [0.717, 1.165) is 29.5 Å². The third-order valence-corrected chi connectivity index (χ3v) is 3.90. The van der Waals surface area contributed by atoms with Crippen LogP contribution in [0, 0.1) is 13.8 Å². The van der Waals surface area contributed by atoms with E-state index in [2.05, 4.69) is 6.07 Å². The van der Waals surface area contributed by atoms with Crippen LogP contribution in [0.25, 0.3) is 0 Å². The molecule has 1 aromatic rings. The molecule has 0 heterocycles. The number of phenols is 1. The highest BCUT2D eigenvalue weighted by molar-refractivity contribution is 5.50. The highest BCUT2D eigenvalue weighted by Gasteiger charge is 2.49. The molecule has 2 heteroatoms. The van der Waals surface area contributed by atoms with Gasteiger partial charge in [-0.05, 0) is 44.7 Å². The van der Waals surface area contributed by atoms with Gasteiger partial charge in [0, 0.05) is 17.0 Å². The molecule has 1 aliphatic rings. The molecule has 1 fully saturated rings. The maximum atomic E-state index is 10.1. The van der Waals surface area contributed by atoms with Crippen LogP contribution in [-0.2, 0) is 5.41 Å². The quantitative estimate of drug-likeness (QED) is 0.778. The molecular weight excluding hydrogens is 186 g/mol. The van der Waals surface area contributed by atoms with Gasteiger partial charge in [0.2, 0.25) is 0 Å². The van der Waals surface area contributed by atoms with Gasteiger partial charge in [-0.2, -0.15) is 0 Å². The van der Waals surface area contributed by atoms with Crippen molar-refractivity contribution >= 4 is 0 Å². The number of aryl methyl sites for hydroxylation is 1. The van der Waals surface area contributed by atoms with E-state index in [4.69, 9.17) is 5.73 Å². The van der Waals surface area contributed by atoms with E-state index in [1.165, 1.54) is 0 Å². The largest absolute Gasteiger partial charge is 0.507 e. The molecule has 3 N–H and O–H groups in total. The van der Waals surface area contributed by atoms with Gasteiger partial charge in [0.25, 0.3) is 0 Å². The first-order valence-corrected chi connectivity index (χ1v) is 5.54. The zero-order valence-corrected chi connectivity index (χ0v) is 9.67. The van der Waals surface area contributed by atoms with Gasteiger partial charge in [-0.25, -0.2) is 0 Å². The van der Waals surface area contributed by atoms with E-state index in [-0.39, 0.29) is 11.5 Å². The van der Waals surface area contributed by atoms with Crippen molar-refractivity contribution in [1.29, 1.82) is 0 Å². The molecule has 2 rings (SSSR count). The minimum Gasteiger partial charge on any atom is -0.507 e. The van der Waals surface area contributed by atoms with Gasteiger partial charge in [-0.15, -0.1) is 0 Å². The van der Waals surface area contributed by atoms with Crippen molar-refractivity contribution in [2.45, 2.75) is 45.1 Å². The Bertz CT molecular complexity index is 392. The van der Waals surface area contributed by atoms with Crippen molar-refractivity contribution in [3.63, 3.8) is 0 Å². The van der Waals surface area contributed by atoms with Crippen molar-refractivity contribution in [1.82, 2.24) is 0 Å². The molecule has 1 atom stereocenters. The Kier molecular flexibility index (Phi) is 2.27. The number of nitrogens with two attached hydrogens (primary N) is 1. The monoisotopic (exact) mass is 205 g/mol. The van der Waals surface area contributed by atoms with Gasteiger partial charge < -0.3 is 10.8 Å². The van der Waals surface area contributed by atoms with E-state index >= 15 is 0 Å². The summed E-state index contributed by atoms with van der Waals surface area (Å²) >= 11 is 0. The zero-order valence-electron chi connectivity index (χ0n) is 9.67. The SMILES string of the molecule is Cc1ccc(C2(C(C)N)CC2)c(O)c1C. The predicted octanol–water partition coefficient (Wildman–Crippen LogP) is 2.39. The number of phenolic OH excluding ortho intramolecular Hbond substituents is 1. The van der Waals surface area contributed by atoms with Crippen molar-refractivity contribution in [2.24, 2.45) is 5.73 Å². The van der Waals surface area contributed by atoms with Crippen LogP contribution >= 0.6 is 0 Å². The molecule has 82 valence electrons. The highest BCUT2D eigenvalue weighted by Crippen LogP contribution is 2.53. The van der Waals surface area contributed by atoms with Crippen molar-refractivity contribution in [3.05, 3.63) is 28.8 Å². The van der Waals surface area contributed by atoms with Crippen LogP contribution in [0.15, 0.2) is 12.1 Å². The Hall–Kier alpha value is -1.02. The zero-order chi connectivity index (χ0) is 11.2. The lowest BCUT2D eigenvalue weighted by Gasteiger charge is -2.22. The molecule has 1 aliphatic carbocycles. The average Bonchev–Trinajstić information content (AvgIpc) is 2.95. The van der Waals surface area contributed by atoms with Crippen LogP contribution in [0.5, 0.6) is 5.75 Å². The van der Waals surface area contributed by atoms with Crippen LogP contribution < -0.4 is 5.73 Å². The van der Waals surface area contributed by atoms with Crippen molar-refractivity contribution in [3.8, 4) is 5.75 Å². The minimum atomic E-state index is 0.0442. The molecule has 0 aromatic heterocycles. The summed E-state index contributed by atoms with van der Waals surface area (Å²) in [6, 6.07) is 4.23. The van der Waals surface area contributed by atoms with Crippen LogP contribution in [0.4, 0.5) is 0 Å². The maximum Gasteiger partial charge on any atom is 0.122 e. The molecule has 0 bridgehead atoms. The number of rotatable bonds is 2. The molecule has 1 aromatic carbocycles. The highest BCUT2D eigenvalue weighted by atomic mass is 16.3. The number of hydrogen-bond acceptors (Lipinski definition) is 2. The molecule has 0 amide bonds. The van der Waals surface area contributed by atoms with Gasteiger partial charge >= 0.3 is 0 Å². The summed E-state index contributed by atoms with van der Waals surface area (Å²) in [6.07, 6.45) is 2.20. The van der Waals surface area contributed by atoms with E-state index in [1.54, 1.807) is 0 Å². The van der Waals surface area contributed by atoms with Gasteiger partial charge in [-0.1, -0.05) is 12.1 Å². The number of hydrogen-bond donors (Lipinski definition) is 2. The minimum absolute atomic E-state index is 0.0442. The third-order valence-electron chi connectivity index (χ3n) is 3.90. The van der Waals surface area contributed by atoms with Gasteiger partial charge in [0.15, 0.2) is 0 Å². The Balaban J connectivity index is 2.51. The summed E-state index contributed by atoms with van der Waals surface area (Å²) in [5.74, 6) is 0.449. The average molecular weight is 205 g/mol. The first-order chi connectivity index (χ1) is 6.99. The smallest absolute Gasteiger partial charge is 0.122 e. The molecule has 0 radical (unpaired) electrons. The molecule has 1 unspecified atom stereocenters. The second kappa shape index (κ2) is 3.24. The van der Waals surface area contributed by atoms with Crippen molar-refractivity contribution < 1.29 is 5.11 Å². The van der Waals surface area contributed by atoms with E-state index in [9.17, 15) is 5.11 Å². The Morgan fingerprint density at radius 3 is 2.40 bits per heavy atom. The maximum absolute atomic E-state index is 10.1. The third kappa shape index (κ3) is 1.44. The fourth-order valence-electron chi connectivity index (χ4n) is 2.31. The number of aromatic hydroxyl groups is 1. The second-order valence-corrected chi connectivity index (χ2v) is 4.85. The van der Waals surface area contributed by atoms with E-state index in [0.29, 0.717) is 5.75 Å². The van der Waals surface area contributed by atoms with Gasteiger partial charge in [-0.3, -0.25) is 0 Å². The molecule has 1 saturated carbocycles. The lowest BCUT2D eigenvalue weighted by atomic mass is 9.86. The molecule has 0 spiro atoms. The van der Waals surface area contributed by atoms with Crippen LogP contribution in [-0.4, -0.2) is 11.1 Å². The molecule has 15 heavy (non-hydrogen) atoms. The van der Waals surface area contributed by atoms with Gasteiger partial charge in [0.1, 0.15) is 5.75 Å². The second-order valence-electron chi connectivity index (χ2n) is 4.85. The molecular formula is C13H19NO. The summed E-state index contributed by atoms with van der Waals surface area (Å²) in [4.78, 5) is 0. The summed E-state index contributed by atoms with van der Waals surface area (Å²) in [6.45, 7) is 6.01. The summed E-state index contributed by atoms with van der Waals surface area (Å²) in [7, 11) is 0. The fourth-order valence-corrected chi connectivity index (χ4v) is 2.31. The summed E-state index contributed by atoms with van der Waals surface area (Å²) in [5, 5.41) is 10.1. The molecule has 2 nitrogen and oxygen atoms in total. The summed E-state index contributed by atoms with van der Waals surface area (Å²) < 4.78 is 0. The normalized spacial score (nSPS) is 20.0. The molecule has 0 aliphatic heterocycles. The summed E-state index contributed by atoms with van der Waals surface area (Å²) in [5.41, 5.74) is 9.22. The Labute approximate surface area is 91.1 Å². The number of benzene rings is 1. The predicted molar refractivity (Wildman–Crippen MR) is 62.1 cm³/mol. The van der Waals surface area contributed by atoms with Crippen LogP contribution in [0.2, 0.25) is 0 Å².